The van der Waals surface area contributed by atoms with E-state index in [-0.39, 0.29) is 11.9 Å². The first-order valence-corrected chi connectivity index (χ1v) is 7.00. The zero-order chi connectivity index (χ0) is 12.3. The number of carbonyl (C=O) groups is 1. The van der Waals surface area contributed by atoms with Gasteiger partial charge in [-0.1, -0.05) is 23.7 Å². The quantitative estimate of drug-likeness (QED) is 0.911. The minimum atomic E-state index is -0.0303. The fourth-order valence-corrected chi connectivity index (χ4v) is 2.82. The maximum Gasteiger partial charge on any atom is 0.240 e. The number of rotatable bonds is 3. The summed E-state index contributed by atoms with van der Waals surface area (Å²) >= 11 is 7.58. The lowest BCUT2D eigenvalue weighted by atomic mass is 10.2. The van der Waals surface area contributed by atoms with E-state index < -0.39 is 0 Å². The Hall–Kier alpha value is -0.710. The molecule has 0 aromatic heterocycles. The number of halogens is 1. The van der Waals surface area contributed by atoms with Gasteiger partial charge in [-0.15, -0.1) is 11.8 Å². The second-order valence-electron chi connectivity index (χ2n) is 4.09. The summed E-state index contributed by atoms with van der Waals surface area (Å²) < 4.78 is 0. The van der Waals surface area contributed by atoms with Crippen LogP contribution in [0, 0.1) is 0 Å². The van der Waals surface area contributed by atoms with Gasteiger partial charge in [0.25, 0.3) is 0 Å². The first kappa shape index (κ1) is 12.7. The minimum Gasteiger partial charge on any atom is -0.340 e. The molecule has 5 heteroatoms. The van der Waals surface area contributed by atoms with Crippen molar-refractivity contribution in [3.8, 4) is 0 Å². The first-order chi connectivity index (χ1) is 8.16. The number of carbonyl (C=O) groups excluding carboxylic acids is 1. The Bertz CT molecular complexity index is 390. The third kappa shape index (κ3) is 3.37. The average Bonchev–Trinajstić information content (AvgIpc) is 2.84. The van der Waals surface area contributed by atoms with Crippen molar-refractivity contribution in [1.82, 2.24) is 10.2 Å². The molecule has 0 spiro atoms. The molecule has 2 rings (SSSR count). The van der Waals surface area contributed by atoms with Gasteiger partial charge in [0.05, 0.1) is 6.04 Å². The Balaban J connectivity index is 1.93. The van der Waals surface area contributed by atoms with Crippen LogP contribution in [0.25, 0.3) is 0 Å². The summed E-state index contributed by atoms with van der Waals surface area (Å²) in [5.41, 5.74) is 1.09. The summed E-state index contributed by atoms with van der Waals surface area (Å²) in [6.07, 6.45) is 0. The first-order valence-electron chi connectivity index (χ1n) is 5.47. The summed E-state index contributed by atoms with van der Waals surface area (Å²) in [6.45, 7) is 0.624. The number of hydrogen-bond acceptors (Lipinski definition) is 3. The Morgan fingerprint density at radius 3 is 2.82 bits per heavy atom. The summed E-state index contributed by atoms with van der Waals surface area (Å²) in [6, 6.07) is 7.56. The molecule has 3 nitrogen and oxygen atoms in total. The van der Waals surface area contributed by atoms with Gasteiger partial charge in [0.2, 0.25) is 5.91 Å². The number of nitrogens with one attached hydrogen (secondary N) is 1. The molecular formula is C12H15ClN2OS. The molecule has 17 heavy (non-hydrogen) atoms. The Kier molecular flexibility index (Phi) is 4.31. The number of likely N-dealkylation sites (N-methyl/N-ethyl adjacent to an activating group) is 1. The van der Waals surface area contributed by atoms with Crippen LogP contribution in [0.3, 0.4) is 0 Å². The molecule has 1 unspecified atom stereocenters. The van der Waals surface area contributed by atoms with Gasteiger partial charge in [0.15, 0.2) is 0 Å². The Morgan fingerprint density at radius 1 is 1.53 bits per heavy atom. The third-order valence-electron chi connectivity index (χ3n) is 2.72. The average molecular weight is 271 g/mol. The van der Waals surface area contributed by atoms with Crippen molar-refractivity contribution in [1.29, 1.82) is 0 Å². The molecule has 1 aliphatic rings. The second-order valence-corrected chi connectivity index (χ2v) is 5.56. The standard InChI is InChI=1S/C12H15ClN2OS/c1-15(12(16)11-7-17-8-14-11)6-9-2-4-10(13)5-3-9/h2-5,11,14H,6-8H2,1H3. The van der Waals surface area contributed by atoms with Crippen LogP contribution >= 0.6 is 23.4 Å². The molecule has 1 atom stereocenters. The van der Waals surface area contributed by atoms with Crippen LogP contribution in [-0.4, -0.2) is 35.5 Å². The zero-order valence-corrected chi connectivity index (χ0v) is 11.2. The summed E-state index contributed by atoms with van der Waals surface area (Å²) in [7, 11) is 1.83. The van der Waals surface area contributed by atoms with Crippen molar-refractivity contribution in [2.24, 2.45) is 0 Å². The van der Waals surface area contributed by atoms with Gasteiger partial charge in [0, 0.05) is 30.2 Å². The van der Waals surface area contributed by atoms with E-state index in [2.05, 4.69) is 5.32 Å². The SMILES string of the molecule is CN(Cc1ccc(Cl)cc1)C(=O)C1CSCN1. The van der Waals surface area contributed by atoms with Crippen molar-refractivity contribution in [3.63, 3.8) is 0 Å². The summed E-state index contributed by atoms with van der Waals surface area (Å²) in [4.78, 5) is 13.8. The molecule has 0 saturated carbocycles. The molecule has 1 aliphatic heterocycles. The molecule has 0 aliphatic carbocycles. The maximum atomic E-state index is 12.0. The highest BCUT2D eigenvalue weighted by Crippen LogP contribution is 2.14. The summed E-state index contributed by atoms with van der Waals surface area (Å²) in [5, 5.41) is 3.90. The fraction of sp³-hybridized carbons (Fsp3) is 0.417. The van der Waals surface area contributed by atoms with Gasteiger partial charge in [0.1, 0.15) is 0 Å². The number of benzene rings is 1. The maximum absolute atomic E-state index is 12.0. The van der Waals surface area contributed by atoms with Crippen LogP contribution in [0.2, 0.25) is 5.02 Å². The van der Waals surface area contributed by atoms with Crippen LogP contribution in [0.5, 0.6) is 0 Å². The van der Waals surface area contributed by atoms with E-state index in [0.29, 0.717) is 6.54 Å². The molecule has 1 fully saturated rings. The van der Waals surface area contributed by atoms with Crippen molar-refractivity contribution in [2.75, 3.05) is 18.7 Å². The predicted molar refractivity (Wildman–Crippen MR) is 72.2 cm³/mol. The highest BCUT2D eigenvalue weighted by atomic mass is 35.5. The van der Waals surface area contributed by atoms with Crippen molar-refractivity contribution >= 4 is 29.3 Å². The van der Waals surface area contributed by atoms with E-state index in [1.807, 2.05) is 31.3 Å². The summed E-state index contributed by atoms with van der Waals surface area (Å²) in [5.74, 6) is 1.89. The topological polar surface area (TPSA) is 32.3 Å². The van der Waals surface area contributed by atoms with Crippen LogP contribution in [0.4, 0.5) is 0 Å². The minimum absolute atomic E-state index is 0.0303. The normalized spacial score (nSPS) is 19.3. The molecule has 1 aromatic carbocycles. The monoisotopic (exact) mass is 270 g/mol. The van der Waals surface area contributed by atoms with Gasteiger partial charge in [-0.2, -0.15) is 0 Å². The highest BCUT2D eigenvalue weighted by molar-refractivity contribution is 7.99. The van der Waals surface area contributed by atoms with Gasteiger partial charge in [-0.3, -0.25) is 10.1 Å². The molecule has 0 radical (unpaired) electrons. The van der Waals surface area contributed by atoms with E-state index in [9.17, 15) is 4.79 Å². The molecular weight excluding hydrogens is 256 g/mol. The largest absolute Gasteiger partial charge is 0.340 e. The van der Waals surface area contributed by atoms with Gasteiger partial charge in [-0.05, 0) is 17.7 Å². The smallest absolute Gasteiger partial charge is 0.240 e. The van der Waals surface area contributed by atoms with Crippen LogP contribution < -0.4 is 5.32 Å². The van der Waals surface area contributed by atoms with E-state index in [1.165, 1.54) is 0 Å². The third-order valence-corrected chi connectivity index (χ3v) is 3.92. The number of hydrogen-bond donors (Lipinski definition) is 1. The molecule has 1 saturated heterocycles. The fourth-order valence-electron chi connectivity index (χ4n) is 1.76. The molecule has 92 valence electrons. The zero-order valence-electron chi connectivity index (χ0n) is 9.65. The number of nitrogens with zero attached hydrogens (tertiary/aromatic N) is 1. The molecule has 1 amide bonds. The Labute approximate surface area is 111 Å². The lowest BCUT2D eigenvalue weighted by Crippen LogP contribution is -2.42. The lowest BCUT2D eigenvalue weighted by Gasteiger charge is -2.20. The van der Waals surface area contributed by atoms with Crippen LogP contribution in [0.1, 0.15) is 5.56 Å². The molecule has 0 bridgehead atoms. The van der Waals surface area contributed by atoms with Crippen molar-refractivity contribution in [2.45, 2.75) is 12.6 Å². The van der Waals surface area contributed by atoms with Gasteiger partial charge >= 0.3 is 0 Å². The molecule has 1 heterocycles. The highest BCUT2D eigenvalue weighted by Gasteiger charge is 2.25. The van der Waals surface area contributed by atoms with Gasteiger partial charge in [-0.25, -0.2) is 0 Å². The van der Waals surface area contributed by atoms with Gasteiger partial charge < -0.3 is 4.90 Å². The van der Waals surface area contributed by atoms with Crippen LogP contribution in [-0.2, 0) is 11.3 Å². The number of thioether (sulfide) groups is 1. The van der Waals surface area contributed by atoms with E-state index in [1.54, 1.807) is 16.7 Å². The van der Waals surface area contributed by atoms with Crippen molar-refractivity contribution < 1.29 is 4.79 Å². The van der Waals surface area contributed by atoms with E-state index in [0.717, 1.165) is 22.2 Å². The van der Waals surface area contributed by atoms with E-state index in [4.69, 9.17) is 11.6 Å². The molecule has 1 aromatic rings. The van der Waals surface area contributed by atoms with E-state index >= 15 is 0 Å². The molecule has 1 N–H and O–H groups in total. The Morgan fingerprint density at radius 2 is 2.24 bits per heavy atom. The van der Waals surface area contributed by atoms with Crippen LogP contribution in [0.15, 0.2) is 24.3 Å². The predicted octanol–water partition coefficient (Wildman–Crippen LogP) is 1.96. The second kappa shape index (κ2) is 5.76. The van der Waals surface area contributed by atoms with Crippen molar-refractivity contribution in [3.05, 3.63) is 34.9 Å². The number of amides is 1. The lowest BCUT2D eigenvalue weighted by molar-refractivity contribution is -0.131.